The van der Waals surface area contributed by atoms with Crippen LogP contribution in [0.25, 0.3) is 0 Å². The predicted octanol–water partition coefficient (Wildman–Crippen LogP) is 1.25. The van der Waals surface area contributed by atoms with Crippen LogP contribution in [0, 0.1) is 5.92 Å². The number of alkyl halides is 2. The Balaban J connectivity index is 2.40. The molecule has 9 heavy (non-hydrogen) atoms. The van der Waals surface area contributed by atoms with E-state index in [0.29, 0.717) is 6.42 Å². The molecule has 0 aromatic carbocycles. The van der Waals surface area contributed by atoms with Crippen molar-refractivity contribution < 1.29 is 8.78 Å². The molecule has 1 N–H and O–H groups in total. The Morgan fingerprint density at radius 2 is 2.22 bits per heavy atom. The van der Waals surface area contributed by atoms with Crippen molar-refractivity contribution in [2.45, 2.75) is 25.8 Å². The summed E-state index contributed by atoms with van der Waals surface area (Å²) in [6.07, 6.45) is -1.52. The van der Waals surface area contributed by atoms with Gasteiger partial charge >= 0.3 is 0 Å². The molecule has 0 saturated carbocycles. The third-order valence-corrected chi connectivity index (χ3v) is 1.91. The zero-order valence-electron chi connectivity index (χ0n) is 5.40. The molecule has 54 valence electrons. The van der Waals surface area contributed by atoms with Crippen molar-refractivity contribution in [3.05, 3.63) is 0 Å². The predicted molar refractivity (Wildman–Crippen MR) is 31.6 cm³/mol. The molecule has 0 unspecified atom stereocenters. The number of halogens is 2. The van der Waals surface area contributed by atoms with Crippen molar-refractivity contribution in [1.82, 2.24) is 5.32 Å². The van der Waals surface area contributed by atoms with Crippen LogP contribution in [0.5, 0.6) is 0 Å². The maximum absolute atomic E-state index is 12.0. The maximum atomic E-state index is 12.0. The topological polar surface area (TPSA) is 12.0 Å². The van der Waals surface area contributed by atoms with Crippen molar-refractivity contribution in [2.75, 3.05) is 6.54 Å². The Labute approximate surface area is 53.4 Å². The molecule has 0 bridgehead atoms. The molecule has 1 aliphatic rings. The molecule has 3 heteroatoms. The first-order valence-electron chi connectivity index (χ1n) is 3.23. The molecule has 1 nitrogen and oxygen atoms in total. The van der Waals surface area contributed by atoms with Gasteiger partial charge in [0, 0.05) is 12.0 Å². The lowest BCUT2D eigenvalue weighted by molar-refractivity contribution is 0.0733. The average molecular weight is 135 g/mol. The SMILES string of the molecule is C[C@@H]1NCC[C@H]1C(F)F. The molecule has 0 spiro atoms. The van der Waals surface area contributed by atoms with Crippen molar-refractivity contribution in [1.29, 1.82) is 0 Å². The fraction of sp³-hybridized carbons (Fsp3) is 1.00. The second kappa shape index (κ2) is 2.60. The van der Waals surface area contributed by atoms with Gasteiger partial charge in [-0.2, -0.15) is 0 Å². The summed E-state index contributed by atoms with van der Waals surface area (Å²) in [6, 6.07) is 0.00463. The Morgan fingerprint density at radius 1 is 1.56 bits per heavy atom. The van der Waals surface area contributed by atoms with E-state index < -0.39 is 12.3 Å². The Morgan fingerprint density at radius 3 is 2.44 bits per heavy atom. The quantitative estimate of drug-likeness (QED) is 0.570. The molecule has 1 rings (SSSR count). The van der Waals surface area contributed by atoms with E-state index in [1.54, 1.807) is 0 Å². The molecule has 0 radical (unpaired) electrons. The van der Waals surface area contributed by atoms with E-state index in [9.17, 15) is 8.78 Å². The third-order valence-electron chi connectivity index (χ3n) is 1.91. The van der Waals surface area contributed by atoms with Gasteiger partial charge < -0.3 is 5.32 Å². The van der Waals surface area contributed by atoms with Crippen molar-refractivity contribution >= 4 is 0 Å². The Kier molecular flexibility index (Phi) is 2.01. The minimum atomic E-state index is -2.14. The lowest BCUT2D eigenvalue weighted by Crippen LogP contribution is -2.26. The first kappa shape index (κ1) is 6.93. The highest BCUT2D eigenvalue weighted by Crippen LogP contribution is 2.21. The lowest BCUT2D eigenvalue weighted by Gasteiger charge is -2.12. The van der Waals surface area contributed by atoms with E-state index in [-0.39, 0.29) is 6.04 Å². The van der Waals surface area contributed by atoms with Gasteiger partial charge in [0.2, 0.25) is 6.43 Å². The molecule has 0 amide bonds. The molecule has 0 aliphatic carbocycles. The first-order chi connectivity index (χ1) is 4.22. The van der Waals surface area contributed by atoms with Gasteiger partial charge in [-0.25, -0.2) is 8.78 Å². The fourth-order valence-corrected chi connectivity index (χ4v) is 1.22. The lowest BCUT2D eigenvalue weighted by atomic mass is 10.0. The number of rotatable bonds is 1. The molecule has 1 fully saturated rings. The second-order valence-corrected chi connectivity index (χ2v) is 2.53. The Hall–Kier alpha value is -0.180. The second-order valence-electron chi connectivity index (χ2n) is 2.53. The van der Waals surface area contributed by atoms with Crippen LogP contribution in [0.3, 0.4) is 0 Å². The molecule has 0 aromatic rings. The molecule has 0 aromatic heterocycles. The van der Waals surface area contributed by atoms with Crippen molar-refractivity contribution in [3.8, 4) is 0 Å². The third kappa shape index (κ3) is 1.39. The monoisotopic (exact) mass is 135 g/mol. The van der Waals surface area contributed by atoms with Gasteiger partial charge in [0.15, 0.2) is 0 Å². The molecule has 1 aliphatic heterocycles. The molecular formula is C6H11F2N. The van der Waals surface area contributed by atoms with E-state index in [4.69, 9.17) is 0 Å². The summed E-state index contributed by atoms with van der Waals surface area (Å²) in [4.78, 5) is 0. The van der Waals surface area contributed by atoms with Crippen LogP contribution in [0.2, 0.25) is 0 Å². The summed E-state index contributed by atoms with van der Waals surface area (Å²) in [5.41, 5.74) is 0. The molecule has 1 saturated heterocycles. The Bertz CT molecular complexity index is 95.1. The van der Waals surface area contributed by atoms with Crippen molar-refractivity contribution in [3.63, 3.8) is 0 Å². The summed E-state index contributed by atoms with van der Waals surface area (Å²) in [5, 5.41) is 2.97. The van der Waals surface area contributed by atoms with Gasteiger partial charge in [0.25, 0.3) is 0 Å². The largest absolute Gasteiger partial charge is 0.314 e. The van der Waals surface area contributed by atoms with E-state index >= 15 is 0 Å². The summed E-state index contributed by atoms with van der Waals surface area (Å²) in [6.45, 7) is 2.56. The van der Waals surface area contributed by atoms with Gasteiger partial charge in [0.1, 0.15) is 0 Å². The average Bonchev–Trinajstić information content (AvgIpc) is 2.13. The van der Waals surface area contributed by atoms with Crippen LogP contribution in [-0.2, 0) is 0 Å². The van der Waals surface area contributed by atoms with Gasteiger partial charge in [-0.15, -0.1) is 0 Å². The number of nitrogens with one attached hydrogen (secondary N) is 1. The van der Waals surface area contributed by atoms with Crippen LogP contribution in [-0.4, -0.2) is 19.0 Å². The molecule has 1 heterocycles. The summed E-state index contributed by atoms with van der Waals surface area (Å²) in [5.74, 6) is -0.412. The van der Waals surface area contributed by atoms with Gasteiger partial charge in [-0.1, -0.05) is 0 Å². The van der Waals surface area contributed by atoms with E-state index in [0.717, 1.165) is 6.54 Å². The van der Waals surface area contributed by atoms with Crippen LogP contribution in [0.4, 0.5) is 8.78 Å². The van der Waals surface area contributed by atoms with E-state index in [1.807, 2.05) is 6.92 Å². The fourth-order valence-electron chi connectivity index (χ4n) is 1.22. The highest BCUT2D eigenvalue weighted by Gasteiger charge is 2.30. The summed E-state index contributed by atoms with van der Waals surface area (Å²) in [7, 11) is 0. The normalized spacial score (nSPS) is 36.0. The first-order valence-corrected chi connectivity index (χ1v) is 3.23. The molecular weight excluding hydrogens is 124 g/mol. The molecule has 2 atom stereocenters. The van der Waals surface area contributed by atoms with Gasteiger partial charge in [-0.05, 0) is 19.9 Å². The highest BCUT2D eigenvalue weighted by atomic mass is 19.3. The standard InChI is InChI=1S/C6H11F2N/c1-4-5(6(7)8)2-3-9-4/h4-6,9H,2-3H2,1H3/t4-,5+/m0/s1. The minimum Gasteiger partial charge on any atom is -0.314 e. The van der Waals surface area contributed by atoms with E-state index in [1.165, 1.54) is 0 Å². The smallest absolute Gasteiger partial charge is 0.242 e. The van der Waals surface area contributed by atoms with E-state index in [2.05, 4.69) is 5.32 Å². The zero-order valence-corrected chi connectivity index (χ0v) is 5.40. The maximum Gasteiger partial charge on any atom is 0.242 e. The minimum absolute atomic E-state index is 0.00463. The van der Waals surface area contributed by atoms with Gasteiger partial charge in [-0.3, -0.25) is 0 Å². The van der Waals surface area contributed by atoms with Gasteiger partial charge in [0.05, 0.1) is 0 Å². The highest BCUT2D eigenvalue weighted by molar-refractivity contribution is 4.81. The van der Waals surface area contributed by atoms with Crippen LogP contribution in [0.1, 0.15) is 13.3 Å². The number of hydrogen-bond acceptors (Lipinski definition) is 1. The zero-order chi connectivity index (χ0) is 6.85. The number of hydrogen-bond donors (Lipinski definition) is 1. The van der Waals surface area contributed by atoms with Crippen molar-refractivity contribution in [2.24, 2.45) is 5.92 Å². The summed E-state index contributed by atoms with van der Waals surface area (Å²) >= 11 is 0. The summed E-state index contributed by atoms with van der Waals surface area (Å²) < 4.78 is 23.9. The van der Waals surface area contributed by atoms with Crippen LogP contribution >= 0.6 is 0 Å². The van der Waals surface area contributed by atoms with Crippen LogP contribution in [0.15, 0.2) is 0 Å². The van der Waals surface area contributed by atoms with Crippen LogP contribution < -0.4 is 5.32 Å².